The van der Waals surface area contributed by atoms with Gasteiger partial charge in [0.05, 0.1) is 0 Å². The van der Waals surface area contributed by atoms with Gasteiger partial charge in [-0.15, -0.1) is 0 Å². The monoisotopic (exact) mass is 399 g/mol. The lowest BCUT2D eigenvalue weighted by atomic mass is 9.45. The molecule has 0 radical (unpaired) electrons. The summed E-state index contributed by atoms with van der Waals surface area (Å²) in [5, 5.41) is 0. The van der Waals surface area contributed by atoms with Crippen LogP contribution in [0.25, 0.3) is 0 Å². The predicted molar refractivity (Wildman–Crippen MR) is 121 cm³/mol. The Kier molecular flexibility index (Phi) is 5.71. The molecule has 164 valence electrons. The lowest BCUT2D eigenvalue weighted by Gasteiger charge is -2.62. The average molecular weight is 400 g/mol. The summed E-state index contributed by atoms with van der Waals surface area (Å²) in [6.45, 7) is 12.4. The lowest BCUT2D eigenvalue weighted by molar-refractivity contribution is -0.144. The van der Waals surface area contributed by atoms with Crippen molar-refractivity contribution in [3.63, 3.8) is 0 Å². The zero-order chi connectivity index (χ0) is 21.0. The van der Waals surface area contributed by atoms with Gasteiger partial charge in [0, 0.05) is 18.5 Å². The first-order valence-corrected chi connectivity index (χ1v) is 12.6. The SMILES string of the molecule is CC(C)CCCC[C@H]1CC[C@H]2[C@@H]3[C@@H](C)C[C@H]4N(C)C(=O)C=C[C@]4(C)[C@H]3CC[C@]12C. The average Bonchev–Trinajstić information content (AvgIpc) is 3.00. The van der Waals surface area contributed by atoms with Crippen LogP contribution in [0.5, 0.6) is 0 Å². The standard InChI is InChI=1S/C27H45NO/c1-18(2)9-7-8-10-20-11-12-21-25-19(3)17-23-27(5,16-14-24(29)28(23)6)22(25)13-15-26(20,21)4/h14,16,18-23,25H,7-13,15,17H2,1-6H3/t19-,20-,21-,22-,23+,25-,26+,27+/m0/s1. The molecule has 0 saturated heterocycles. The van der Waals surface area contributed by atoms with Crippen LogP contribution in [0.15, 0.2) is 12.2 Å². The molecule has 0 aromatic rings. The predicted octanol–water partition coefficient (Wildman–Crippen LogP) is 6.70. The molecule has 0 unspecified atom stereocenters. The molecule has 2 nitrogen and oxygen atoms in total. The molecule has 3 fully saturated rings. The number of hydrogen-bond donors (Lipinski definition) is 0. The third kappa shape index (κ3) is 3.41. The van der Waals surface area contributed by atoms with Gasteiger partial charge in [-0.3, -0.25) is 4.79 Å². The first kappa shape index (κ1) is 21.4. The molecule has 1 aliphatic heterocycles. The number of rotatable bonds is 5. The maximum Gasteiger partial charge on any atom is 0.246 e. The van der Waals surface area contributed by atoms with Gasteiger partial charge in [0.15, 0.2) is 0 Å². The van der Waals surface area contributed by atoms with Gasteiger partial charge < -0.3 is 4.90 Å². The second-order valence-electron chi connectivity index (χ2n) is 12.2. The Morgan fingerprint density at radius 3 is 2.62 bits per heavy atom. The third-order valence-corrected chi connectivity index (χ3v) is 10.3. The van der Waals surface area contributed by atoms with Crippen LogP contribution in [-0.2, 0) is 4.79 Å². The van der Waals surface area contributed by atoms with Crippen LogP contribution in [0.1, 0.15) is 92.4 Å². The Bertz CT molecular complexity index is 653. The number of unbranched alkanes of at least 4 members (excludes halogenated alkanes) is 1. The van der Waals surface area contributed by atoms with Gasteiger partial charge >= 0.3 is 0 Å². The van der Waals surface area contributed by atoms with Gasteiger partial charge in [-0.2, -0.15) is 0 Å². The molecule has 0 aromatic heterocycles. The fourth-order valence-electron chi connectivity index (χ4n) is 8.58. The highest BCUT2D eigenvalue weighted by atomic mass is 16.2. The molecule has 3 aliphatic carbocycles. The molecule has 2 heteroatoms. The number of carbonyl (C=O) groups excluding carboxylic acids is 1. The minimum absolute atomic E-state index is 0.177. The van der Waals surface area contributed by atoms with E-state index in [4.69, 9.17) is 0 Å². The highest BCUT2D eigenvalue weighted by Gasteiger charge is 2.61. The number of fused-ring (bicyclic) bond motifs is 5. The van der Waals surface area contributed by atoms with Crippen LogP contribution >= 0.6 is 0 Å². The fourth-order valence-corrected chi connectivity index (χ4v) is 8.58. The van der Waals surface area contributed by atoms with E-state index in [-0.39, 0.29) is 11.3 Å². The van der Waals surface area contributed by atoms with Crippen molar-refractivity contribution in [2.24, 2.45) is 46.3 Å². The van der Waals surface area contributed by atoms with Gasteiger partial charge in [0.1, 0.15) is 0 Å². The quantitative estimate of drug-likeness (QED) is 0.471. The van der Waals surface area contributed by atoms with Crippen molar-refractivity contribution in [1.82, 2.24) is 4.90 Å². The highest BCUT2D eigenvalue weighted by molar-refractivity contribution is 5.89. The third-order valence-electron chi connectivity index (χ3n) is 10.3. The zero-order valence-corrected chi connectivity index (χ0v) is 19.9. The highest BCUT2D eigenvalue weighted by Crippen LogP contribution is 2.67. The van der Waals surface area contributed by atoms with Crippen LogP contribution in [0, 0.1) is 46.3 Å². The molecule has 0 bridgehead atoms. The first-order valence-electron chi connectivity index (χ1n) is 12.6. The molecule has 4 aliphatic rings. The molecule has 1 amide bonds. The number of likely N-dealkylation sites (N-methyl/N-ethyl adjacent to an activating group) is 1. The fraction of sp³-hybridized carbons (Fsp3) is 0.889. The van der Waals surface area contributed by atoms with E-state index in [1.54, 1.807) is 0 Å². The van der Waals surface area contributed by atoms with Crippen molar-refractivity contribution < 1.29 is 4.79 Å². The Balaban J connectivity index is 1.52. The molecule has 0 N–H and O–H groups in total. The van der Waals surface area contributed by atoms with Crippen molar-refractivity contribution in [1.29, 1.82) is 0 Å². The van der Waals surface area contributed by atoms with E-state index in [1.807, 2.05) is 13.1 Å². The Labute approximate surface area is 179 Å². The number of amides is 1. The Morgan fingerprint density at radius 1 is 1.14 bits per heavy atom. The van der Waals surface area contributed by atoms with Crippen molar-refractivity contribution in [3.05, 3.63) is 12.2 Å². The molecule has 3 saturated carbocycles. The van der Waals surface area contributed by atoms with Crippen LogP contribution < -0.4 is 0 Å². The van der Waals surface area contributed by atoms with E-state index in [1.165, 1.54) is 57.8 Å². The van der Waals surface area contributed by atoms with Crippen LogP contribution in [0.4, 0.5) is 0 Å². The topological polar surface area (TPSA) is 20.3 Å². The van der Waals surface area contributed by atoms with Crippen molar-refractivity contribution in [2.45, 2.75) is 98.4 Å². The summed E-state index contributed by atoms with van der Waals surface area (Å²) >= 11 is 0. The normalized spacial score (nSPS) is 46.6. The van der Waals surface area contributed by atoms with Gasteiger partial charge in [0.2, 0.25) is 5.91 Å². The molecule has 8 atom stereocenters. The van der Waals surface area contributed by atoms with E-state index in [0.717, 1.165) is 35.5 Å². The Morgan fingerprint density at radius 2 is 1.90 bits per heavy atom. The summed E-state index contributed by atoms with van der Waals surface area (Å²) in [7, 11) is 2.04. The molecular formula is C27H45NO. The molecule has 4 rings (SSSR count). The largest absolute Gasteiger partial charge is 0.338 e. The molecule has 0 aromatic carbocycles. The number of nitrogens with zero attached hydrogens (tertiary/aromatic N) is 1. The number of carbonyl (C=O) groups is 1. The molecule has 1 heterocycles. The summed E-state index contributed by atoms with van der Waals surface area (Å²) in [5.74, 6) is 5.25. The van der Waals surface area contributed by atoms with Gasteiger partial charge in [-0.1, -0.05) is 60.0 Å². The van der Waals surface area contributed by atoms with Gasteiger partial charge in [-0.05, 0) is 85.5 Å². The lowest BCUT2D eigenvalue weighted by Crippen LogP contribution is -2.61. The number of hydrogen-bond acceptors (Lipinski definition) is 1. The van der Waals surface area contributed by atoms with Gasteiger partial charge in [-0.25, -0.2) is 0 Å². The maximum atomic E-state index is 12.3. The summed E-state index contributed by atoms with van der Waals surface area (Å²) < 4.78 is 0. The smallest absolute Gasteiger partial charge is 0.246 e. The minimum Gasteiger partial charge on any atom is -0.338 e. The van der Waals surface area contributed by atoms with Crippen LogP contribution in [0.3, 0.4) is 0 Å². The minimum atomic E-state index is 0.177. The first-order chi connectivity index (χ1) is 13.7. The second-order valence-corrected chi connectivity index (χ2v) is 12.2. The van der Waals surface area contributed by atoms with E-state index >= 15 is 0 Å². The van der Waals surface area contributed by atoms with Crippen molar-refractivity contribution in [2.75, 3.05) is 7.05 Å². The Hall–Kier alpha value is -0.790. The summed E-state index contributed by atoms with van der Waals surface area (Å²) in [5.41, 5.74) is 0.743. The summed E-state index contributed by atoms with van der Waals surface area (Å²) in [6, 6.07) is 0.397. The van der Waals surface area contributed by atoms with E-state index in [2.05, 4.69) is 45.6 Å². The van der Waals surface area contributed by atoms with Crippen molar-refractivity contribution >= 4 is 5.91 Å². The second kappa shape index (κ2) is 7.72. The molecular weight excluding hydrogens is 354 g/mol. The van der Waals surface area contributed by atoms with Crippen molar-refractivity contribution in [3.8, 4) is 0 Å². The molecule has 0 spiro atoms. The van der Waals surface area contributed by atoms with E-state index in [0.29, 0.717) is 11.5 Å². The maximum absolute atomic E-state index is 12.3. The van der Waals surface area contributed by atoms with Gasteiger partial charge in [0.25, 0.3) is 0 Å². The van der Waals surface area contributed by atoms with Crippen LogP contribution in [-0.4, -0.2) is 23.9 Å². The molecule has 29 heavy (non-hydrogen) atoms. The van der Waals surface area contributed by atoms with Crippen LogP contribution in [0.2, 0.25) is 0 Å². The van der Waals surface area contributed by atoms with E-state index in [9.17, 15) is 4.79 Å². The zero-order valence-electron chi connectivity index (χ0n) is 19.9. The summed E-state index contributed by atoms with van der Waals surface area (Å²) in [6.07, 6.45) is 16.8. The summed E-state index contributed by atoms with van der Waals surface area (Å²) in [4.78, 5) is 14.4. The van der Waals surface area contributed by atoms with E-state index < -0.39 is 0 Å².